The van der Waals surface area contributed by atoms with Crippen LogP contribution >= 0.6 is 0 Å². The maximum absolute atomic E-state index is 4.82. The van der Waals surface area contributed by atoms with E-state index in [4.69, 9.17) is 4.98 Å². The summed E-state index contributed by atoms with van der Waals surface area (Å²) >= 11 is 0. The lowest BCUT2D eigenvalue weighted by atomic mass is 10.2. The number of hydrogen-bond acceptors (Lipinski definition) is 6. The summed E-state index contributed by atoms with van der Waals surface area (Å²) in [5.74, 6) is 1.63. The molecule has 1 aromatic carbocycles. The van der Waals surface area contributed by atoms with Crippen molar-refractivity contribution in [3.05, 3.63) is 42.1 Å². The topological polar surface area (TPSA) is 48.4 Å². The highest BCUT2D eigenvalue weighted by molar-refractivity contribution is 5.43. The van der Waals surface area contributed by atoms with Gasteiger partial charge in [-0.05, 0) is 26.0 Å². The molecule has 0 amide bonds. The SMILES string of the molecule is CCN1CCN(c2nncc(N(Cc3ccccc3)C(C)C)n2)CC1. The van der Waals surface area contributed by atoms with Crippen molar-refractivity contribution in [2.75, 3.05) is 42.5 Å². The van der Waals surface area contributed by atoms with Gasteiger partial charge in [-0.15, -0.1) is 5.10 Å². The smallest absolute Gasteiger partial charge is 0.247 e. The minimum atomic E-state index is 0.335. The van der Waals surface area contributed by atoms with Crippen molar-refractivity contribution >= 4 is 11.8 Å². The third-order valence-electron chi connectivity index (χ3n) is 4.75. The van der Waals surface area contributed by atoms with Gasteiger partial charge in [-0.1, -0.05) is 37.3 Å². The number of piperazine rings is 1. The van der Waals surface area contributed by atoms with E-state index in [0.717, 1.165) is 51.0 Å². The van der Waals surface area contributed by atoms with Gasteiger partial charge in [-0.2, -0.15) is 10.1 Å². The quantitative estimate of drug-likeness (QED) is 0.805. The average molecular weight is 340 g/mol. The first-order valence-corrected chi connectivity index (χ1v) is 9.15. The Kier molecular flexibility index (Phi) is 5.81. The van der Waals surface area contributed by atoms with Crippen molar-refractivity contribution in [3.63, 3.8) is 0 Å². The van der Waals surface area contributed by atoms with Crippen LogP contribution in [0, 0.1) is 0 Å². The largest absolute Gasteiger partial charge is 0.348 e. The summed E-state index contributed by atoms with van der Waals surface area (Å²) in [4.78, 5) is 11.8. The molecule has 25 heavy (non-hydrogen) atoms. The van der Waals surface area contributed by atoms with Gasteiger partial charge in [0.2, 0.25) is 5.95 Å². The lowest BCUT2D eigenvalue weighted by molar-refractivity contribution is 0.269. The minimum Gasteiger partial charge on any atom is -0.348 e. The lowest BCUT2D eigenvalue weighted by Crippen LogP contribution is -2.47. The van der Waals surface area contributed by atoms with E-state index < -0.39 is 0 Å². The number of hydrogen-bond donors (Lipinski definition) is 0. The standard InChI is InChI=1S/C19H28N6/c1-4-23-10-12-24(13-11-23)19-21-18(14-20-22-19)25(16(2)3)15-17-8-6-5-7-9-17/h5-9,14,16H,4,10-13,15H2,1-3H3. The van der Waals surface area contributed by atoms with Gasteiger partial charge in [0.1, 0.15) is 0 Å². The summed E-state index contributed by atoms with van der Waals surface area (Å²) in [7, 11) is 0. The van der Waals surface area contributed by atoms with Crippen molar-refractivity contribution in [1.82, 2.24) is 20.1 Å². The molecule has 0 spiro atoms. The second-order valence-corrected chi connectivity index (χ2v) is 6.74. The van der Waals surface area contributed by atoms with Crippen LogP contribution in [0.5, 0.6) is 0 Å². The van der Waals surface area contributed by atoms with Crippen LogP contribution in [0.15, 0.2) is 36.5 Å². The first kappa shape index (κ1) is 17.6. The molecule has 0 aliphatic carbocycles. The normalized spacial score (nSPS) is 15.6. The number of likely N-dealkylation sites (N-methyl/N-ethyl adjacent to an activating group) is 1. The Morgan fingerprint density at radius 2 is 1.80 bits per heavy atom. The second kappa shape index (κ2) is 8.25. The second-order valence-electron chi connectivity index (χ2n) is 6.74. The first-order chi connectivity index (χ1) is 12.2. The molecule has 1 fully saturated rings. The molecular weight excluding hydrogens is 312 g/mol. The van der Waals surface area contributed by atoms with Crippen LogP contribution in [0.2, 0.25) is 0 Å². The summed E-state index contributed by atoms with van der Waals surface area (Å²) in [6, 6.07) is 10.8. The van der Waals surface area contributed by atoms with Gasteiger partial charge in [-0.25, -0.2) is 0 Å². The molecule has 1 aromatic heterocycles. The molecule has 0 unspecified atom stereocenters. The monoisotopic (exact) mass is 340 g/mol. The van der Waals surface area contributed by atoms with Crippen molar-refractivity contribution in [3.8, 4) is 0 Å². The predicted molar refractivity (Wildman–Crippen MR) is 102 cm³/mol. The fraction of sp³-hybridized carbons (Fsp3) is 0.526. The zero-order chi connectivity index (χ0) is 17.6. The molecule has 1 saturated heterocycles. The molecule has 2 aromatic rings. The fourth-order valence-corrected chi connectivity index (χ4v) is 3.13. The molecule has 134 valence electrons. The van der Waals surface area contributed by atoms with Crippen LogP contribution in [0.3, 0.4) is 0 Å². The van der Waals surface area contributed by atoms with E-state index in [1.807, 2.05) is 6.07 Å². The fourth-order valence-electron chi connectivity index (χ4n) is 3.13. The summed E-state index contributed by atoms with van der Waals surface area (Å²) in [5.41, 5.74) is 1.27. The Morgan fingerprint density at radius 1 is 1.08 bits per heavy atom. The molecule has 2 heterocycles. The molecule has 0 bridgehead atoms. The molecule has 1 aliphatic rings. The molecule has 6 nitrogen and oxygen atoms in total. The number of nitrogens with zero attached hydrogens (tertiary/aromatic N) is 6. The van der Waals surface area contributed by atoms with Gasteiger partial charge in [0.05, 0.1) is 6.20 Å². The van der Waals surface area contributed by atoms with E-state index in [1.165, 1.54) is 5.56 Å². The first-order valence-electron chi connectivity index (χ1n) is 9.15. The minimum absolute atomic E-state index is 0.335. The van der Waals surface area contributed by atoms with Gasteiger partial charge >= 0.3 is 0 Å². The maximum atomic E-state index is 4.82. The zero-order valence-corrected chi connectivity index (χ0v) is 15.5. The summed E-state index contributed by atoms with van der Waals surface area (Å²) in [6.45, 7) is 12.5. The van der Waals surface area contributed by atoms with E-state index in [9.17, 15) is 0 Å². The van der Waals surface area contributed by atoms with Crippen molar-refractivity contribution in [1.29, 1.82) is 0 Å². The number of anilines is 2. The van der Waals surface area contributed by atoms with E-state index in [0.29, 0.717) is 6.04 Å². The molecule has 6 heteroatoms. The van der Waals surface area contributed by atoms with Crippen molar-refractivity contribution in [2.24, 2.45) is 0 Å². The van der Waals surface area contributed by atoms with Crippen LogP contribution in [0.4, 0.5) is 11.8 Å². The van der Waals surface area contributed by atoms with E-state index in [2.05, 4.69) is 69.9 Å². The van der Waals surface area contributed by atoms with Crippen LogP contribution in [-0.2, 0) is 6.54 Å². The van der Waals surface area contributed by atoms with Gasteiger partial charge < -0.3 is 14.7 Å². The van der Waals surface area contributed by atoms with Gasteiger partial charge in [-0.3, -0.25) is 0 Å². The Hall–Kier alpha value is -2.21. The molecule has 1 aliphatic heterocycles. The molecule has 3 rings (SSSR count). The summed E-state index contributed by atoms with van der Waals surface area (Å²) < 4.78 is 0. The third kappa shape index (κ3) is 4.45. The molecule has 0 saturated carbocycles. The van der Waals surface area contributed by atoms with Crippen LogP contribution in [0.1, 0.15) is 26.3 Å². The van der Waals surface area contributed by atoms with Crippen LogP contribution in [-0.4, -0.2) is 58.8 Å². The lowest BCUT2D eigenvalue weighted by Gasteiger charge is -2.34. The molecule has 0 N–H and O–H groups in total. The van der Waals surface area contributed by atoms with Gasteiger partial charge in [0.15, 0.2) is 5.82 Å². The Labute approximate surface area is 150 Å². The van der Waals surface area contributed by atoms with E-state index >= 15 is 0 Å². The highest BCUT2D eigenvalue weighted by Gasteiger charge is 2.20. The molecule has 0 atom stereocenters. The Morgan fingerprint density at radius 3 is 2.44 bits per heavy atom. The van der Waals surface area contributed by atoms with Crippen LogP contribution < -0.4 is 9.80 Å². The van der Waals surface area contributed by atoms with Gasteiger partial charge in [0.25, 0.3) is 0 Å². The Balaban J connectivity index is 1.76. The van der Waals surface area contributed by atoms with Crippen molar-refractivity contribution < 1.29 is 0 Å². The highest BCUT2D eigenvalue weighted by Crippen LogP contribution is 2.19. The highest BCUT2D eigenvalue weighted by atomic mass is 15.4. The zero-order valence-electron chi connectivity index (χ0n) is 15.5. The number of benzene rings is 1. The molecular formula is C19H28N6. The maximum Gasteiger partial charge on any atom is 0.247 e. The summed E-state index contributed by atoms with van der Waals surface area (Å²) in [5, 5.41) is 8.52. The number of rotatable bonds is 6. The van der Waals surface area contributed by atoms with Gasteiger partial charge in [0, 0.05) is 38.8 Å². The Bertz CT molecular complexity index is 652. The van der Waals surface area contributed by atoms with E-state index in [1.54, 1.807) is 6.20 Å². The number of aromatic nitrogens is 3. The summed E-state index contributed by atoms with van der Waals surface area (Å²) in [6.07, 6.45) is 1.77. The average Bonchev–Trinajstić information content (AvgIpc) is 2.67. The van der Waals surface area contributed by atoms with Crippen molar-refractivity contribution in [2.45, 2.75) is 33.4 Å². The third-order valence-corrected chi connectivity index (χ3v) is 4.75. The molecule has 0 radical (unpaired) electrons. The van der Waals surface area contributed by atoms with Crippen LogP contribution in [0.25, 0.3) is 0 Å². The van der Waals surface area contributed by atoms with E-state index in [-0.39, 0.29) is 0 Å². The predicted octanol–water partition coefficient (Wildman–Crippen LogP) is 2.43.